The van der Waals surface area contributed by atoms with Crippen LogP contribution in [0.1, 0.15) is 16.7 Å². The molecule has 0 amide bonds. The number of pyridine rings is 1. The Hall–Kier alpha value is -3.26. The van der Waals surface area contributed by atoms with Crippen molar-refractivity contribution in [2.75, 3.05) is 0 Å². The fourth-order valence-electron chi connectivity index (χ4n) is 3.59. The van der Waals surface area contributed by atoms with Crippen LogP contribution < -0.4 is 0 Å². The van der Waals surface area contributed by atoms with Gasteiger partial charge in [0.05, 0.1) is 11.2 Å². The molecule has 0 saturated carbocycles. The van der Waals surface area contributed by atoms with Gasteiger partial charge >= 0.3 is 0 Å². The number of para-hydroxylation sites is 1. The minimum Gasteiger partial charge on any atom is -0.256 e. The molecule has 1 heterocycles. The van der Waals surface area contributed by atoms with Gasteiger partial charge in [-0.05, 0) is 52.9 Å². The van der Waals surface area contributed by atoms with Crippen LogP contribution in [0.3, 0.4) is 0 Å². The highest BCUT2D eigenvalue weighted by molar-refractivity contribution is 5.98. The van der Waals surface area contributed by atoms with Gasteiger partial charge in [-0.2, -0.15) is 0 Å². The zero-order chi connectivity index (χ0) is 16.6. The Bertz CT molecular complexity index is 1120. The lowest BCUT2D eigenvalue weighted by molar-refractivity contribution is 1.26. The van der Waals surface area contributed by atoms with Gasteiger partial charge in [0.1, 0.15) is 0 Å². The molecule has 2 nitrogen and oxygen atoms in total. The molecule has 4 aromatic rings. The highest BCUT2D eigenvalue weighted by Crippen LogP contribution is 2.38. The second-order valence-corrected chi connectivity index (χ2v) is 6.35. The summed E-state index contributed by atoms with van der Waals surface area (Å²) in [6, 6.07) is 25.3. The van der Waals surface area contributed by atoms with Gasteiger partial charge < -0.3 is 0 Å². The molecule has 0 unspecified atom stereocenters. The first-order chi connectivity index (χ1) is 12.4. The summed E-state index contributed by atoms with van der Waals surface area (Å²) in [5, 5.41) is 1.13. The standard InChI is InChI=1S/C23H16N2/c1-2-6-20-16(5-1)13-18-14-19(9-10-21(18)20)25-15-17-11-12-24-23-8-4-3-7-22(17)23/h1-12,14-15H,13H2. The number of aromatic nitrogens is 1. The molecular formula is C23H16N2. The van der Waals surface area contributed by atoms with Gasteiger partial charge in [-0.3, -0.25) is 9.98 Å². The van der Waals surface area contributed by atoms with Crippen molar-refractivity contribution in [1.82, 2.24) is 4.98 Å². The lowest BCUT2D eigenvalue weighted by atomic mass is 10.1. The van der Waals surface area contributed by atoms with E-state index >= 15 is 0 Å². The molecule has 118 valence electrons. The van der Waals surface area contributed by atoms with E-state index in [1.807, 2.05) is 36.7 Å². The van der Waals surface area contributed by atoms with E-state index in [-0.39, 0.29) is 0 Å². The van der Waals surface area contributed by atoms with Crippen molar-refractivity contribution >= 4 is 22.8 Å². The maximum Gasteiger partial charge on any atom is 0.0708 e. The number of fused-ring (bicyclic) bond motifs is 4. The van der Waals surface area contributed by atoms with Crippen LogP contribution in [0, 0.1) is 0 Å². The van der Waals surface area contributed by atoms with Crippen LogP contribution in [0.5, 0.6) is 0 Å². The smallest absolute Gasteiger partial charge is 0.0708 e. The number of aliphatic imine (C=N–C) groups is 1. The largest absolute Gasteiger partial charge is 0.256 e. The zero-order valence-corrected chi connectivity index (χ0v) is 13.7. The van der Waals surface area contributed by atoms with Crippen molar-refractivity contribution < 1.29 is 0 Å². The SMILES string of the molecule is C(=Nc1ccc2c(c1)Cc1ccccc1-2)c1ccnc2ccccc12. The summed E-state index contributed by atoms with van der Waals surface area (Å²) in [5.74, 6) is 0. The van der Waals surface area contributed by atoms with E-state index in [4.69, 9.17) is 4.99 Å². The Morgan fingerprint density at radius 1 is 0.800 bits per heavy atom. The predicted molar refractivity (Wildman–Crippen MR) is 104 cm³/mol. The Morgan fingerprint density at radius 3 is 2.64 bits per heavy atom. The molecule has 0 spiro atoms. The fourth-order valence-corrected chi connectivity index (χ4v) is 3.59. The highest BCUT2D eigenvalue weighted by Gasteiger charge is 2.17. The van der Waals surface area contributed by atoms with E-state index in [2.05, 4.69) is 53.5 Å². The molecule has 25 heavy (non-hydrogen) atoms. The monoisotopic (exact) mass is 320 g/mol. The number of nitrogens with zero attached hydrogens (tertiary/aromatic N) is 2. The third kappa shape index (κ3) is 2.43. The minimum absolute atomic E-state index is 0.993. The van der Waals surface area contributed by atoms with Gasteiger partial charge in [0.25, 0.3) is 0 Å². The maximum absolute atomic E-state index is 4.71. The lowest BCUT2D eigenvalue weighted by Gasteiger charge is -2.03. The van der Waals surface area contributed by atoms with Crippen LogP contribution in [0.2, 0.25) is 0 Å². The molecule has 0 bridgehead atoms. The highest BCUT2D eigenvalue weighted by atomic mass is 14.7. The third-order valence-corrected chi connectivity index (χ3v) is 4.81. The van der Waals surface area contributed by atoms with Gasteiger partial charge in [-0.1, -0.05) is 48.5 Å². The Morgan fingerprint density at radius 2 is 1.64 bits per heavy atom. The number of rotatable bonds is 2. The second kappa shape index (κ2) is 5.67. The molecule has 0 fully saturated rings. The Labute approximate surface area is 146 Å². The first kappa shape index (κ1) is 14.1. The summed E-state index contributed by atoms with van der Waals surface area (Å²) in [7, 11) is 0. The van der Waals surface area contributed by atoms with E-state index in [1.165, 1.54) is 22.3 Å². The third-order valence-electron chi connectivity index (χ3n) is 4.81. The van der Waals surface area contributed by atoms with E-state index in [0.717, 1.165) is 28.6 Å². The Balaban J connectivity index is 1.51. The molecule has 0 N–H and O–H groups in total. The van der Waals surface area contributed by atoms with E-state index in [9.17, 15) is 0 Å². The molecule has 0 atom stereocenters. The molecule has 1 aromatic heterocycles. The second-order valence-electron chi connectivity index (χ2n) is 6.35. The van der Waals surface area contributed by atoms with E-state index in [1.54, 1.807) is 0 Å². The maximum atomic E-state index is 4.71. The average Bonchev–Trinajstić information content (AvgIpc) is 3.04. The molecule has 0 saturated heterocycles. The first-order valence-electron chi connectivity index (χ1n) is 8.47. The van der Waals surface area contributed by atoms with Crippen LogP contribution in [-0.2, 0) is 6.42 Å². The topological polar surface area (TPSA) is 25.2 Å². The quantitative estimate of drug-likeness (QED) is 0.391. The lowest BCUT2D eigenvalue weighted by Crippen LogP contribution is -1.86. The minimum atomic E-state index is 0.993. The van der Waals surface area contributed by atoms with E-state index in [0.29, 0.717) is 0 Å². The molecule has 0 radical (unpaired) electrons. The van der Waals surface area contributed by atoms with Crippen LogP contribution in [0.4, 0.5) is 5.69 Å². The van der Waals surface area contributed by atoms with Gasteiger partial charge in [-0.25, -0.2) is 0 Å². The summed E-state index contributed by atoms with van der Waals surface area (Å²) >= 11 is 0. The summed E-state index contributed by atoms with van der Waals surface area (Å²) in [6.45, 7) is 0. The van der Waals surface area contributed by atoms with Crippen LogP contribution in [-0.4, -0.2) is 11.2 Å². The van der Waals surface area contributed by atoms with Crippen LogP contribution in [0.25, 0.3) is 22.0 Å². The zero-order valence-electron chi connectivity index (χ0n) is 13.7. The molecular weight excluding hydrogens is 304 g/mol. The summed E-state index contributed by atoms with van der Waals surface area (Å²) in [6.07, 6.45) is 4.77. The Kier molecular flexibility index (Phi) is 3.20. The summed E-state index contributed by atoms with van der Waals surface area (Å²) in [4.78, 5) is 9.12. The van der Waals surface area contributed by atoms with Crippen LogP contribution >= 0.6 is 0 Å². The van der Waals surface area contributed by atoms with Crippen molar-refractivity contribution in [2.24, 2.45) is 4.99 Å². The molecule has 3 aromatic carbocycles. The van der Waals surface area contributed by atoms with Gasteiger partial charge in [0.2, 0.25) is 0 Å². The first-order valence-corrected chi connectivity index (χ1v) is 8.47. The van der Waals surface area contributed by atoms with Gasteiger partial charge in [0, 0.05) is 23.4 Å². The number of hydrogen-bond donors (Lipinski definition) is 0. The number of hydrogen-bond acceptors (Lipinski definition) is 2. The summed E-state index contributed by atoms with van der Waals surface area (Å²) in [5.41, 5.74) is 8.53. The molecule has 1 aliphatic carbocycles. The van der Waals surface area contributed by atoms with Gasteiger partial charge in [-0.15, -0.1) is 0 Å². The van der Waals surface area contributed by atoms with Gasteiger partial charge in [0.15, 0.2) is 0 Å². The molecule has 1 aliphatic rings. The van der Waals surface area contributed by atoms with Crippen molar-refractivity contribution in [3.05, 3.63) is 95.7 Å². The van der Waals surface area contributed by atoms with Crippen molar-refractivity contribution in [3.63, 3.8) is 0 Å². The molecule has 0 aliphatic heterocycles. The fraction of sp³-hybridized carbons (Fsp3) is 0.0435. The van der Waals surface area contributed by atoms with Crippen molar-refractivity contribution in [3.8, 4) is 11.1 Å². The normalized spacial score (nSPS) is 12.5. The molecule has 5 rings (SSSR count). The number of benzene rings is 3. The predicted octanol–water partition coefficient (Wildman–Crippen LogP) is 5.56. The van der Waals surface area contributed by atoms with Crippen LogP contribution in [0.15, 0.2) is 84.0 Å². The summed E-state index contributed by atoms with van der Waals surface area (Å²) < 4.78 is 0. The van der Waals surface area contributed by atoms with E-state index < -0.39 is 0 Å². The molecule has 2 heteroatoms. The average molecular weight is 320 g/mol. The van der Waals surface area contributed by atoms with Crippen molar-refractivity contribution in [2.45, 2.75) is 6.42 Å². The van der Waals surface area contributed by atoms with Crippen molar-refractivity contribution in [1.29, 1.82) is 0 Å².